The second kappa shape index (κ2) is 9.50. The van der Waals surface area contributed by atoms with Crippen LogP contribution < -0.4 is 24.8 Å². The van der Waals surface area contributed by atoms with Gasteiger partial charge in [-0.15, -0.1) is 0 Å². The molecule has 0 aliphatic heterocycles. The molecule has 2 N–H and O–H groups in total. The van der Waals surface area contributed by atoms with Gasteiger partial charge in [0.05, 0.1) is 21.3 Å². The van der Waals surface area contributed by atoms with Crippen LogP contribution in [0.1, 0.15) is 20.8 Å². The lowest BCUT2D eigenvalue weighted by atomic mass is 10.2. The normalized spacial score (nSPS) is 13.2. The summed E-state index contributed by atoms with van der Waals surface area (Å²) >= 11 is 0. The summed E-state index contributed by atoms with van der Waals surface area (Å²) in [5.74, 6) is 2.74. The lowest BCUT2D eigenvalue weighted by molar-refractivity contribution is 0.324. The number of nitrogens with zero attached hydrogens (tertiary/aromatic N) is 1. The highest BCUT2D eigenvalue weighted by molar-refractivity contribution is 7.86. The van der Waals surface area contributed by atoms with Gasteiger partial charge in [-0.2, -0.15) is 0 Å². The van der Waals surface area contributed by atoms with E-state index in [9.17, 15) is 4.21 Å². The minimum absolute atomic E-state index is 0.227. The molecule has 0 saturated carbocycles. The number of rotatable bonds is 7. The van der Waals surface area contributed by atoms with E-state index in [1.54, 1.807) is 40.5 Å². The largest absolute Gasteiger partial charge is 0.493 e. The number of benzene rings is 1. The highest BCUT2D eigenvalue weighted by Gasteiger charge is 2.19. The van der Waals surface area contributed by atoms with E-state index in [0.29, 0.717) is 35.5 Å². The van der Waals surface area contributed by atoms with Gasteiger partial charge in [0.25, 0.3) is 0 Å². The smallest absolute Gasteiger partial charge is 0.203 e. The van der Waals surface area contributed by atoms with E-state index >= 15 is 0 Å². The van der Waals surface area contributed by atoms with Crippen molar-refractivity contribution in [2.75, 3.05) is 46.0 Å². The van der Waals surface area contributed by atoms with Crippen LogP contribution in [0.25, 0.3) is 0 Å². The maximum atomic E-state index is 12.1. The molecule has 1 unspecified atom stereocenters. The Bertz CT molecular complexity index is 602. The summed E-state index contributed by atoms with van der Waals surface area (Å²) in [4.78, 5) is 4.18. The first-order valence-electron chi connectivity index (χ1n) is 7.93. The Hall–Kier alpha value is -1.96. The van der Waals surface area contributed by atoms with Crippen LogP contribution in [0.2, 0.25) is 0 Å². The van der Waals surface area contributed by atoms with Crippen LogP contribution in [-0.4, -0.2) is 55.6 Å². The fraction of sp³-hybridized carbons (Fsp3) is 0.588. The number of anilines is 1. The second-order valence-electron chi connectivity index (χ2n) is 6.20. The van der Waals surface area contributed by atoms with E-state index in [1.807, 2.05) is 20.8 Å². The van der Waals surface area contributed by atoms with Crippen molar-refractivity contribution in [2.45, 2.75) is 25.5 Å². The Morgan fingerprint density at radius 3 is 2.08 bits per heavy atom. The Balaban J connectivity index is 2.80. The topological polar surface area (TPSA) is 81.2 Å². The minimum Gasteiger partial charge on any atom is -0.493 e. The predicted molar refractivity (Wildman–Crippen MR) is 104 cm³/mol. The van der Waals surface area contributed by atoms with Crippen molar-refractivity contribution in [3.05, 3.63) is 12.1 Å². The molecule has 8 heteroatoms. The number of methoxy groups -OCH3 is 3. The van der Waals surface area contributed by atoms with Gasteiger partial charge in [0, 0.05) is 52.7 Å². The third-order valence-electron chi connectivity index (χ3n) is 3.41. The van der Waals surface area contributed by atoms with E-state index in [0.717, 1.165) is 5.69 Å². The Kier molecular flexibility index (Phi) is 8.02. The van der Waals surface area contributed by atoms with E-state index < -0.39 is 10.8 Å². The number of hydrogen-bond donors (Lipinski definition) is 2. The molecule has 0 fully saturated rings. The van der Waals surface area contributed by atoms with Gasteiger partial charge in [-0.05, 0) is 20.8 Å². The van der Waals surface area contributed by atoms with Gasteiger partial charge >= 0.3 is 0 Å². The summed E-state index contributed by atoms with van der Waals surface area (Å²) in [5, 5.41) is 6.32. The van der Waals surface area contributed by atoms with Crippen molar-refractivity contribution in [1.29, 1.82) is 0 Å². The van der Waals surface area contributed by atoms with Crippen molar-refractivity contribution in [2.24, 2.45) is 4.99 Å². The van der Waals surface area contributed by atoms with E-state index in [1.165, 1.54) is 0 Å². The van der Waals surface area contributed by atoms with Crippen molar-refractivity contribution >= 4 is 22.4 Å². The summed E-state index contributed by atoms with van der Waals surface area (Å²) in [6, 6.07) is 3.59. The molecule has 0 heterocycles. The third-order valence-corrected chi connectivity index (χ3v) is 5.35. The SMILES string of the molecule is CN=C(NCCS(=O)C(C)(C)C)Nc1cc(OC)c(OC)c(OC)c1. The molecule has 0 bridgehead atoms. The summed E-state index contributed by atoms with van der Waals surface area (Å²) in [7, 11) is 5.45. The molecule has 0 aromatic heterocycles. The first kappa shape index (κ1) is 21.1. The number of ether oxygens (including phenoxy) is 3. The van der Waals surface area contributed by atoms with Crippen molar-refractivity contribution in [1.82, 2.24) is 5.32 Å². The highest BCUT2D eigenvalue weighted by Crippen LogP contribution is 2.39. The minimum atomic E-state index is -0.919. The molecule has 0 radical (unpaired) electrons. The van der Waals surface area contributed by atoms with Gasteiger partial charge in [-0.1, -0.05) is 0 Å². The molecule has 0 aliphatic carbocycles. The monoisotopic (exact) mass is 371 g/mol. The molecule has 0 aliphatic rings. The molecule has 25 heavy (non-hydrogen) atoms. The summed E-state index contributed by atoms with van der Waals surface area (Å²) in [5.41, 5.74) is 0.736. The lowest BCUT2D eigenvalue weighted by Gasteiger charge is -2.19. The van der Waals surface area contributed by atoms with E-state index in [4.69, 9.17) is 14.2 Å². The van der Waals surface area contributed by atoms with Crippen molar-refractivity contribution < 1.29 is 18.4 Å². The van der Waals surface area contributed by atoms with Gasteiger partial charge in [-0.3, -0.25) is 9.20 Å². The molecular formula is C17H29N3O4S. The van der Waals surface area contributed by atoms with Crippen molar-refractivity contribution in [3.8, 4) is 17.2 Å². The van der Waals surface area contributed by atoms with Crippen LogP contribution in [0.15, 0.2) is 17.1 Å². The summed E-state index contributed by atoms with van der Waals surface area (Å²) in [6.07, 6.45) is 0. The maximum absolute atomic E-state index is 12.1. The standard InChI is InChI=1S/C17H29N3O4S/c1-17(2,3)25(21)9-8-19-16(18-4)20-12-10-13(22-5)15(24-7)14(11-12)23-6/h10-11H,8-9H2,1-7H3,(H2,18,19,20). The Labute approximate surface area is 152 Å². The molecule has 1 aromatic rings. The summed E-state index contributed by atoms with van der Waals surface area (Å²) < 4.78 is 27.9. The molecule has 1 atom stereocenters. The zero-order valence-corrected chi connectivity index (χ0v) is 16.9. The quantitative estimate of drug-likeness (QED) is 0.565. The van der Waals surface area contributed by atoms with E-state index in [2.05, 4.69) is 15.6 Å². The van der Waals surface area contributed by atoms with Crippen LogP contribution in [0, 0.1) is 0 Å². The van der Waals surface area contributed by atoms with Gasteiger partial charge in [0.2, 0.25) is 5.75 Å². The number of guanidine groups is 1. The first-order valence-corrected chi connectivity index (χ1v) is 9.24. The Morgan fingerprint density at radius 1 is 1.12 bits per heavy atom. The Morgan fingerprint density at radius 2 is 1.68 bits per heavy atom. The number of hydrogen-bond acceptors (Lipinski definition) is 5. The van der Waals surface area contributed by atoms with Gasteiger partial charge in [0.15, 0.2) is 17.5 Å². The first-order chi connectivity index (χ1) is 11.8. The molecule has 0 amide bonds. The highest BCUT2D eigenvalue weighted by atomic mass is 32.2. The molecule has 0 saturated heterocycles. The average molecular weight is 372 g/mol. The van der Waals surface area contributed by atoms with Gasteiger partial charge in [0.1, 0.15) is 0 Å². The average Bonchev–Trinajstić information content (AvgIpc) is 2.58. The zero-order chi connectivity index (χ0) is 19.0. The fourth-order valence-electron chi connectivity index (χ4n) is 2.04. The van der Waals surface area contributed by atoms with Crippen LogP contribution in [0.3, 0.4) is 0 Å². The molecule has 7 nitrogen and oxygen atoms in total. The summed E-state index contributed by atoms with van der Waals surface area (Å²) in [6.45, 7) is 6.44. The molecular weight excluding hydrogens is 342 g/mol. The molecule has 142 valence electrons. The third kappa shape index (κ3) is 6.12. The van der Waals surface area contributed by atoms with Crippen LogP contribution in [-0.2, 0) is 10.8 Å². The molecule has 1 rings (SSSR count). The molecule has 1 aromatic carbocycles. The predicted octanol–water partition coefficient (Wildman–Crippen LogP) is 2.25. The maximum Gasteiger partial charge on any atom is 0.203 e. The molecule has 0 spiro atoms. The van der Waals surface area contributed by atoms with Crippen LogP contribution >= 0.6 is 0 Å². The van der Waals surface area contributed by atoms with Crippen molar-refractivity contribution in [3.63, 3.8) is 0 Å². The number of nitrogens with one attached hydrogen (secondary N) is 2. The van der Waals surface area contributed by atoms with Gasteiger partial charge < -0.3 is 24.8 Å². The fourth-order valence-corrected chi connectivity index (χ4v) is 2.94. The second-order valence-corrected chi connectivity index (χ2v) is 8.52. The van der Waals surface area contributed by atoms with Crippen LogP contribution in [0.4, 0.5) is 5.69 Å². The zero-order valence-electron chi connectivity index (χ0n) is 16.1. The lowest BCUT2D eigenvalue weighted by Crippen LogP contribution is -2.36. The van der Waals surface area contributed by atoms with Gasteiger partial charge in [-0.25, -0.2) is 0 Å². The van der Waals surface area contributed by atoms with E-state index in [-0.39, 0.29) is 4.75 Å². The van der Waals surface area contributed by atoms with Crippen LogP contribution in [0.5, 0.6) is 17.2 Å². The number of aliphatic imine (C=N–C) groups is 1.